The molecule has 1 aliphatic heterocycles. The number of ether oxygens (including phenoxy) is 2. The van der Waals surface area contributed by atoms with Crippen molar-refractivity contribution in [1.82, 2.24) is 24.9 Å². The summed E-state index contributed by atoms with van der Waals surface area (Å²) in [5.74, 6) is -0.151. The van der Waals surface area contributed by atoms with Crippen molar-refractivity contribution in [3.63, 3.8) is 0 Å². The van der Waals surface area contributed by atoms with E-state index < -0.39 is 0 Å². The van der Waals surface area contributed by atoms with Crippen LogP contribution in [0.25, 0.3) is 0 Å². The first kappa shape index (κ1) is 18.6. The molecule has 0 atom stereocenters. The number of nitrogens with zero attached hydrogens (tertiary/aromatic N) is 4. The predicted octanol–water partition coefficient (Wildman–Crippen LogP) is 0.925. The summed E-state index contributed by atoms with van der Waals surface area (Å²) in [6, 6.07) is 0. The number of methoxy groups -OCH3 is 1. The van der Waals surface area contributed by atoms with Crippen LogP contribution in [0.3, 0.4) is 0 Å². The lowest BCUT2D eigenvalue weighted by Crippen LogP contribution is -2.27. The molecule has 142 valence electrons. The zero-order valence-electron chi connectivity index (χ0n) is 16.0. The van der Waals surface area contributed by atoms with Gasteiger partial charge in [0.25, 0.3) is 5.91 Å². The smallest absolute Gasteiger partial charge is 0.272 e. The number of fused-ring (bicyclic) bond motifs is 1. The Labute approximate surface area is 153 Å². The van der Waals surface area contributed by atoms with E-state index >= 15 is 0 Å². The summed E-state index contributed by atoms with van der Waals surface area (Å²) in [6.45, 7) is 6.89. The number of hydrogen-bond acceptors (Lipinski definition) is 5. The van der Waals surface area contributed by atoms with Gasteiger partial charge in [0.2, 0.25) is 0 Å². The molecule has 0 saturated heterocycles. The molecule has 3 heterocycles. The van der Waals surface area contributed by atoms with E-state index in [1.54, 1.807) is 7.11 Å². The Hall–Kier alpha value is -2.19. The van der Waals surface area contributed by atoms with Crippen molar-refractivity contribution >= 4 is 5.91 Å². The molecule has 0 fully saturated rings. The Morgan fingerprint density at radius 2 is 2.15 bits per heavy atom. The molecule has 0 unspecified atom stereocenters. The van der Waals surface area contributed by atoms with Gasteiger partial charge in [-0.2, -0.15) is 10.2 Å². The molecule has 0 saturated carbocycles. The maximum absolute atomic E-state index is 12.7. The normalized spacial score (nSPS) is 13.7. The summed E-state index contributed by atoms with van der Waals surface area (Å²) in [5.41, 5.74) is 5.77. The second-order valence-corrected chi connectivity index (χ2v) is 6.57. The van der Waals surface area contributed by atoms with Crippen LogP contribution in [0, 0.1) is 13.8 Å². The first-order valence-electron chi connectivity index (χ1n) is 8.95. The molecule has 3 rings (SSSR count). The van der Waals surface area contributed by atoms with Gasteiger partial charge in [-0.15, -0.1) is 0 Å². The van der Waals surface area contributed by atoms with Crippen molar-refractivity contribution in [1.29, 1.82) is 0 Å². The highest BCUT2D eigenvalue weighted by Crippen LogP contribution is 2.21. The largest absolute Gasteiger partial charge is 0.383 e. The van der Waals surface area contributed by atoms with Crippen LogP contribution in [-0.4, -0.2) is 52.3 Å². The van der Waals surface area contributed by atoms with Crippen LogP contribution in [0.2, 0.25) is 0 Å². The lowest BCUT2D eigenvalue weighted by Gasteiger charge is -2.14. The van der Waals surface area contributed by atoms with Gasteiger partial charge in [0.1, 0.15) is 0 Å². The van der Waals surface area contributed by atoms with Crippen molar-refractivity contribution in [3.8, 4) is 0 Å². The maximum Gasteiger partial charge on any atom is 0.272 e. The minimum Gasteiger partial charge on any atom is -0.383 e. The summed E-state index contributed by atoms with van der Waals surface area (Å²) < 4.78 is 14.4. The Balaban J connectivity index is 1.68. The van der Waals surface area contributed by atoms with Crippen LogP contribution in [0.1, 0.15) is 38.7 Å². The molecule has 2 aromatic rings. The van der Waals surface area contributed by atoms with Gasteiger partial charge < -0.3 is 14.8 Å². The minimum atomic E-state index is -0.151. The van der Waals surface area contributed by atoms with Gasteiger partial charge in [-0.3, -0.25) is 14.2 Å². The van der Waals surface area contributed by atoms with E-state index in [2.05, 4.69) is 15.5 Å². The molecule has 26 heavy (non-hydrogen) atoms. The molecular formula is C18H27N5O3. The number of rotatable bonds is 7. The van der Waals surface area contributed by atoms with E-state index in [9.17, 15) is 4.79 Å². The first-order valence-corrected chi connectivity index (χ1v) is 8.95. The number of carbonyl (C=O) groups is 1. The average molecular weight is 361 g/mol. The zero-order valence-corrected chi connectivity index (χ0v) is 16.0. The molecule has 1 amide bonds. The zero-order chi connectivity index (χ0) is 18.7. The van der Waals surface area contributed by atoms with Gasteiger partial charge in [-0.05, 0) is 25.8 Å². The summed E-state index contributed by atoms with van der Waals surface area (Å²) in [6.07, 6.45) is 1.52. The fourth-order valence-corrected chi connectivity index (χ4v) is 3.42. The number of aryl methyl sites for hydroxylation is 2. The first-order chi connectivity index (χ1) is 12.5. The van der Waals surface area contributed by atoms with Gasteiger partial charge in [-0.1, -0.05) is 0 Å². The Morgan fingerprint density at radius 3 is 2.85 bits per heavy atom. The van der Waals surface area contributed by atoms with E-state index in [1.165, 1.54) is 5.56 Å². The fraction of sp³-hybridized carbons (Fsp3) is 0.611. The second-order valence-electron chi connectivity index (χ2n) is 6.57. The third-order valence-corrected chi connectivity index (χ3v) is 4.94. The molecular weight excluding hydrogens is 334 g/mol. The van der Waals surface area contributed by atoms with Crippen LogP contribution < -0.4 is 5.32 Å². The summed E-state index contributed by atoms with van der Waals surface area (Å²) in [5, 5.41) is 11.9. The van der Waals surface area contributed by atoms with Crippen LogP contribution in [-0.2, 0) is 42.5 Å². The van der Waals surface area contributed by atoms with E-state index in [1.807, 2.05) is 30.3 Å². The molecule has 0 radical (unpaired) electrons. The average Bonchev–Trinajstić information content (AvgIpc) is 3.12. The second kappa shape index (κ2) is 8.01. The third kappa shape index (κ3) is 3.66. The van der Waals surface area contributed by atoms with E-state index in [4.69, 9.17) is 9.47 Å². The third-order valence-electron chi connectivity index (χ3n) is 4.94. The monoisotopic (exact) mass is 361 g/mol. The number of amides is 1. The maximum atomic E-state index is 12.7. The van der Waals surface area contributed by atoms with Gasteiger partial charge in [-0.25, -0.2) is 0 Å². The molecule has 0 aromatic carbocycles. The lowest BCUT2D eigenvalue weighted by molar-refractivity contribution is 0.0925. The fourth-order valence-electron chi connectivity index (χ4n) is 3.42. The SMILES string of the molecule is COCCn1nc(C(=O)NCCc2c(C)nn(C)c2C)c2c1CCOC2. The van der Waals surface area contributed by atoms with Crippen LogP contribution in [0.5, 0.6) is 0 Å². The Kier molecular flexibility index (Phi) is 5.73. The molecule has 8 heteroatoms. The van der Waals surface area contributed by atoms with Gasteiger partial charge in [0, 0.05) is 44.1 Å². The lowest BCUT2D eigenvalue weighted by atomic mass is 10.1. The van der Waals surface area contributed by atoms with E-state index in [0.29, 0.717) is 38.6 Å². The standard InChI is InChI=1S/C18H27N5O3/c1-12-14(13(2)22(3)20-12)5-7-19-18(24)17-15-11-26-9-6-16(15)23(21-17)8-10-25-4/h5-11H2,1-4H3,(H,19,24). The molecule has 1 N–H and O–H groups in total. The van der Waals surface area contributed by atoms with E-state index in [0.717, 1.165) is 35.5 Å². The topological polar surface area (TPSA) is 83.2 Å². The number of carbonyl (C=O) groups excluding carboxylic acids is 1. The molecule has 0 aliphatic carbocycles. The van der Waals surface area contributed by atoms with Crippen molar-refractivity contribution in [2.75, 3.05) is 26.9 Å². The van der Waals surface area contributed by atoms with Crippen molar-refractivity contribution in [3.05, 3.63) is 33.9 Å². The van der Waals surface area contributed by atoms with Crippen LogP contribution in [0.15, 0.2) is 0 Å². The number of nitrogens with one attached hydrogen (secondary N) is 1. The van der Waals surface area contributed by atoms with E-state index in [-0.39, 0.29) is 5.91 Å². The van der Waals surface area contributed by atoms with Crippen molar-refractivity contribution < 1.29 is 14.3 Å². The molecule has 0 spiro atoms. The molecule has 2 aromatic heterocycles. The number of aromatic nitrogens is 4. The highest BCUT2D eigenvalue weighted by Gasteiger charge is 2.25. The highest BCUT2D eigenvalue weighted by atomic mass is 16.5. The van der Waals surface area contributed by atoms with Gasteiger partial charge in [0.15, 0.2) is 5.69 Å². The Bertz CT molecular complexity index is 793. The minimum absolute atomic E-state index is 0.151. The quantitative estimate of drug-likeness (QED) is 0.793. The molecule has 1 aliphatic rings. The van der Waals surface area contributed by atoms with Crippen LogP contribution >= 0.6 is 0 Å². The number of hydrogen-bond donors (Lipinski definition) is 1. The van der Waals surface area contributed by atoms with Crippen molar-refractivity contribution in [2.24, 2.45) is 7.05 Å². The molecule has 0 bridgehead atoms. The van der Waals surface area contributed by atoms with Crippen LogP contribution in [0.4, 0.5) is 0 Å². The van der Waals surface area contributed by atoms with Gasteiger partial charge in [0.05, 0.1) is 32.1 Å². The highest BCUT2D eigenvalue weighted by molar-refractivity contribution is 5.94. The van der Waals surface area contributed by atoms with Crippen molar-refractivity contribution in [2.45, 2.75) is 39.8 Å². The summed E-state index contributed by atoms with van der Waals surface area (Å²) >= 11 is 0. The Morgan fingerprint density at radius 1 is 1.35 bits per heavy atom. The molecule has 8 nitrogen and oxygen atoms in total. The van der Waals surface area contributed by atoms with Gasteiger partial charge >= 0.3 is 0 Å². The predicted molar refractivity (Wildman–Crippen MR) is 96.2 cm³/mol. The summed E-state index contributed by atoms with van der Waals surface area (Å²) in [4.78, 5) is 12.7. The summed E-state index contributed by atoms with van der Waals surface area (Å²) in [7, 11) is 3.60.